The molecule has 3 atom stereocenters. The van der Waals surface area contributed by atoms with Crippen LogP contribution in [0.5, 0.6) is 0 Å². The van der Waals surface area contributed by atoms with Gasteiger partial charge in [0.1, 0.15) is 6.10 Å². The van der Waals surface area contributed by atoms with Gasteiger partial charge in [-0.1, -0.05) is 53.4 Å². The van der Waals surface area contributed by atoms with E-state index in [4.69, 9.17) is 13.6 Å². The Bertz CT molecular complexity index is 550. The van der Waals surface area contributed by atoms with E-state index in [-0.39, 0.29) is 22.3 Å². The molecule has 0 saturated carbocycles. The summed E-state index contributed by atoms with van der Waals surface area (Å²) < 4.78 is 18.6. The van der Waals surface area contributed by atoms with Gasteiger partial charge < -0.3 is 18.7 Å². The molecule has 1 saturated heterocycles. The molecule has 0 aromatic carbocycles. The van der Waals surface area contributed by atoms with Crippen molar-refractivity contribution >= 4 is 16.6 Å². The first-order valence-electron chi connectivity index (χ1n) is 10.7. The molecule has 4 nitrogen and oxygen atoms in total. The Labute approximate surface area is 176 Å². The van der Waals surface area contributed by atoms with Gasteiger partial charge in [0, 0.05) is 13.0 Å². The molecule has 1 fully saturated rings. The molecule has 1 aliphatic heterocycles. The number of rotatable bonds is 6. The molecular weight excluding hydrogens is 384 g/mol. The SMILES string of the molecule is CC(C)(C)[Si](C)(C)OCC#C[C@@H](O)C[C@H]1OCCC[C@@H]1O[Si](C)(C)C(C)(C)C. The molecule has 28 heavy (non-hydrogen) atoms. The van der Waals surface area contributed by atoms with Crippen molar-refractivity contribution in [1.29, 1.82) is 0 Å². The van der Waals surface area contributed by atoms with Crippen LogP contribution in [0.4, 0.5) is 0 Å². The maximum Gasteiger partial charge on any atom is 0.193 e. The number of hydrogen-bond acceptors (Lipinski definition) is 4. The molecule has 1 heterocycles. The van der Waals surface area contributed by atoms with Crippen LogP contribution in [0.15, 0.2) is 0 Å². The Morgan fingerprint density at radius 1 is 1.04 bits per heavy atom. The van der Waals surface area contributed by atoms with Gasteiger partial charge in [0.15, 0.2) is 16.6 Å². The minimum Gasteiger partial charge on any atom is -0.411 e. The second-order valence-corrected chi connectivity index (χ2v) is 20.7. The highest BCUT2D eigenvalue weighted by atomic mass is 28.4. The summed E-state index contributed by atoms with van der Waals surface area (Å²) in [5.74, 6) is 5.96. The van der Waals surface area contributed by atoms with Crippen molar-refractivity contribution < 1.29 is 18.7 Å². The van der Waals surface area contributed by atoms with Crippen molar-refractivity contribution in [1.82, 2.24) is 0 Å². The van der Waals surface area contributed by atoms with Gasteiger partial charge in [0.05, 0.1) is 18.8 Å². The van der Waals surface area contributed by atoms with E-state index < -0.39 is 22.7 Å². The van der Waals surface area contributed by atoms with Gasteiger partial charge >= 0.3 is 0 Å². The predicted octanol–water partition coefficient (Wildman–Crippen LogP) is 5.33. The fourth-order valence-electron chi connectivity index (χ4n) is 2.59. The van der Waals surface area contributed by atoms with Crippen molar-refractivity contribution in [2.75, 3.05) is 13.2 Å². The van der Waals surface area contributed by atoms with Crippen LogP contribution in [-0.2, 0) is 13.6 Å². The van der Waals surface area contributed by atoms with Gasteiger partial charge in [-0.3, -0.25) is 0 Å². The minimum atomic E-state index is -1.87. The van der Waals surface area contributed by atoms with Gasteiger partial charge in [0.25, 0.3) is 0 Å². The first kappa shape index (κ1) is 25.9. The molecule has 0 aromatic heterocycles. The Balaban J connectivity index is 2.63. The lowest BCUT2D eigenvalue weighted by Gasteiger charge is -2.43. The van der Waals surface area contributed by atoms with Crippen LogP contribution < -0.4 is 0 Å². The molecule has 0 radical (unpaired) electrons. The zero-order valence-electron chi connectivity index (χ0n) is 19.9. The van der Waals surface area contributed by atoms with Crippen LogP contribution in [0.2, 0.25) is 36.3 Å². The van der Waals surface area contributed by atoms with Crippen molar-refractivity contribution in [3.63, 3.8) is 0 Å². The Morgan fingerprint density at radius 3 is 2.14 bits per heavy atom. The highest BCUT2D eigenvalue weighted by Gasteiger charge is 2.42. The largest absolute Gasteiger partial charge is 0.411 e. The van der Waals surface area contributed by atoms with Crippen molar-refractivity contribution in [3.8, 4) is 11.8 Å². The molecule has 1 aliphatic rings. The molecule has 0 aromatic rings. The summed E-state index contributed by atoms with van der Waals surface area (Å²) in [4.78, 5) is 0. The number of hydrogen-bond donors (Lipinski definition) is 1. The average Bonchev–Trinajstić information content (AvgIpc) is 2.51. The normalized spacial score (nSPS) is 23.1. The van der Waals surface area contributed by atoms with Crippen molar-refractivity contribution in [3.05, 3.63) is 0 Å². The summed E-state index contributed by atoms with van der Waals surface area (Å²) >= 11 is 0. The lowest BCUT2D eigenvalue weighted by atomic mass is 10.0. The Hall–Kier alpha value is -0.166. The molecule has 0 spiro atoms. The highest BCUT2D eigenvalue weighted by Crippen LogP contribution is 2.39. The van der Waals surface area contributed by atoms with E-state index in [0.29, 0.717) is 13.0 Å². The van der Waals surface area contributed by atoms with E-state index in [9.17, 15) is 5.11 Å². The van der Waals surface area contributed by atoms with E-state index in [1.807, 2.05) is 0 Å². The number of aliphatic hydroxyl groups is 1. The maximum absolute atomic E-state index is 10.4. The van der Waals surface area contributed by atoms with Crippen LogP contribution in [0, 0.1) is 11.8 Å². The monoisotopic (exact) mass is 428 g/mol. The first-order chi connectivity index (χ1) is 12.6. The van der Waals surface area contributed by atoms with Crippen LogP contribution >= 0.6 is 0 Å². The summed E-state index contributed by atoms with van der Waals surface area (Å²) in [6.45, 7) is 23.5. The lowest BCUT2D eigenvalue weighted by Crippen LogP contribution is -2.49. The van der Waals surface area contributed by atoms with E-state index in [0.717, 1.165) is 19.4 Å². The molecule has 1 N–H and O–H groups in total. The summed E-state index contributed by atoms with van der Waals surface area (Å²) in [6, 6.07) is 0. The third-order valence-electron chi connectivity index (χ3n) is 6.67. The minimum absolute atomic E-state index is 0.0505. The third-order valence-corrected chi connectivity index (χ3v) is 15.7. The topological polar surface area (TPSA) is 47.9 Å². The first-order valence-corrected chi connectivity index (χ1v) is 16.5. The molecule has 6 heteroatoms. The fourth-order valence-corrected chi connectivity index (χ4v) is 4.84. The Morgan fingerprint density at radius 2 is 1.61 bits per heavy atom. The van der Waals surface area contributed by atoms with Crippen LogP contribution in [0.3, 0.4) is 0 Å². The molecule has 0 amide bonds. The molecule has 0 bridgehead atoms. The third kappa shape index (κ3) is 7.58. The van der Waals surface area contributed by atoms with Gasteiger partial charge in [0.2, 0.25) is 0 Å². The van der Waals surface area contributed by atoms with Crippen molar-refractivity contribution in [2.24, 2.45) is 0 Å². The predicted molar refractivity (Wildman–Crippen MR) is 123 cm³/mol. The van der Waals surface area contributed by atoms with Crippen molar-refractivity contribution in [2.45, 2.75) is 115 Å². The average molecular weight is 429 g/mol. The number of aliphatic hydroxyl groups excluding tert-OH is 1. The zero-order valence-corrected chi connectivity index (χ0v) is 21.9. The van der Waals surface area contributed by atoms with Crippen LogP contribution in [0.25, 0.3) is 0 Å². The smallest absolute Gasteiger partial charge is 0.193 e. The molecule has 0 aliphatic carbocycles. The van der Waals surface area contributed by atoms with E-state index >= 15 is 0 Å². The standard InChI is InChI=1S/C22H44O4Si2/c1-21(2,3)27(7,8)25-16-11-13-18(23)17-20-19(14-12-15-24-20)26-28(9,10)22(4,5)6/h18-20,23H,12,14-17H2,1-10H3/t18-,19+,20-/m1/s1. The van der Waals surface area contributed by atoms with E-state index in [1.165, 1.54) is 0 Å². The summed E-state index contributed by atoms with van der Waals surface area (Å²) in [7, 11) is -3.67. The van der Waals surface area contributed by atoms with Crippen LogP contribution in [0.1, 0.15) is 60.8 Å². The highest BCUT2D eigenvalue weighted by molar-refractivity contribution is 6.74. The lowest BCUT2D eigenvalue weighted by molar-refractivity contribution is -0.0806. The summed E-state index contributed by atoms with van der Waals surface area (Å²) in [6.07, 6.45) is 1.75. The van der Waals surface area contributed by atoms with E-state index in [2.05, 4.69) is 79.6 Å². The Kier molecular flexibility index (Phi) is 9.02. The van der Waals surface area contributed by atoms with Crippen LogP contribution in [-0.4, -0.2) is 53.3 Å². The second-order valence-electron chi connectivity index (χ2n) is 11.1. The molecule has 1 rings (SSSR count). The van der Waals surface area contributed by atoms with E-state index in [1.54, 1.807) is 0 Å². The van der Waals surface area contributed by atoms with Gasteiger partial charge in [-0.25, -0.2) is 0 Å². The molecular formula is C22H44O4Si2. The van der Waals surface area contributed by atoms with Gasteiger partial charge in [-0.2, -0.15) is 0 Å². The second kappa shape index (κ2) is 9.76. The van der Waals surface area contributed by atoms with Gasteiger partial charge in [-0.15, -0.1) is 0 Å². The zero-order chi connectivity index (χ0) is 21.8. The fraction of sp³-hybridized carbons (Fsp3) is 0.909. The maximum atomic E-state index is 10.4. The molecule has 0 unspecified atom stereocenters. The van der Waals surface area contributed by atoms with Gasteiger partial charge in [-0.05, 0) is 49.1 Å². The number of ether oxygens (including phenoxy) is 1. The quantitative estimate of drug-likeness (QED) is 0.459. The summed E-state index contributed by atoms with van der Waals surface area (Å²) in [5, 5.41) is 10.8. The summed E-state index contributed by atoms with van der Waals surface area (Å²) in [5.41, 5.74) is 0. The molecule has 164 valence electrons.